The lowest BCUT2D eigenvalue weighted by molar-refractivity contribution is -0.0116. The Morgan fingerprint density at radius 1 is 1.10 bits per heavy atom. The van der Waals surface area contributed by atoms with E-state index in [1.807, 2.05) is 27.7 Å². The fraction of sp³-hybridized carbons (Fsp3) is 0.577. The molecule has 0 spiro atoms. The van der Waals surface area contributed by atoms with Gasteiger partial charge in [-0.25, -0.2) is 23.4 Å². The second-order valence-electron chi connectivity index (χ2n) is 10.0. The maximum atomic E-state index is 13.8. The van der Waals surface area contributed by atoms with E-state index in [-0.39, 0.29) is 24.2 Å². The monoisotopic (exact) mass is 559 g/mol. The molecule has 1 fully saturated rings. The molecule has 1 aliphatic heterocycles. The van der Waals surface area contributed by atoms with E-state index >= 15 is 0 Å². The topological polar surface area (TPSA) is 143 Å². The van der Waals surface area contributed by atoms with Crippen LogP contribution in [-0.4, -0.2) is 69.3 Å². The van der Waals surface area contributed by atoms with Crippen molar-refractivity contribution in [2.24, 2.45) is 0 Å². The van der Waals surface area contributed by atoms with Crippen LogP contribution in [0.4, 0.5) is 5.95 Å². The highest BCUT2D eigenvalue weighted by molar-refractivity contribution is 7.93. The number of methoxy groups -OCH3 is 1. The maximum absolute atomic E-state index is 13.8. The van der Waals surface area contributed by atoms with Crippen LogP contribution in [-0.2, 0) is 19.5 Å². The molecule has 0 saturated carbocycles. The summed E-state index contributed by atoms with van der Waals surface area (Å²) in [6, 6.07) is 5.02. The van der Waals surface area contributed by atoms with Crippen LogP contribution in [0.25, 0.3) is 11.5 Å². The lowest BCUT2D eigenvalue weighted by Gasteiger charge is -2.30. The van der Waals surface area contributed by atoms with Gasteiger partial charge in [-0.1, -0.05) is 6.07 Å². The predicted molar refractivity (Wildman–Crippen MR) is 146 cm³/mol. The summed E-state index contributed by atoms with van der Waals surface area (Å²) in [7, 11) is -2.52. The number of anilines is 1. The standard InChI is InChI=1S/C26H37N7O5S/c1-16(2)38-23(24-27-14-17(3)15-28-24)19(5)39(34,35)32-26-31-30-25(20-10-9-12-22(29-20)36-6)33(26)18(4)21-11-7-8-13-37-21/h9-10,12,14-16,18-19,21,23H,7-8,11,13H2,1-6H3,(H,31,32)/t18-,19+,21+,23-/m1/s1. The Kier molecular flexibility index (Phi) is 9.13. The van der Waals surface area contributed by atoms with Gasteiger partial charge in [0.25, 0.3) is 0 Å². The third-order valence-electron chi connectivity index (χ3n) is 6.64. The summed E-state index contributed by atoms with van der Waals surface area (Å²) in [5.74, 6) is 1.17. The average Bonchev–Trinajstić information content (AvgIpc) is 3.34. The number of nitrogens with one attached hydrogen (secondary N) is 1. The minimum atomic E-state index is -4.05. The summed E-state index contributed by atoms with van der Waals surface area (Å²) >= 11 is 0. The average molecular weight is 560 g/mol. The van der Waals surface area contributed by atoms with Crippen molar-refractivity contribution < 1.29 is 22.6 Å². The number of pyridine rings is 1. The molecule has 1 saturated heterocycles. The minimum absolute atomic E-state index is 0.0660. The molecule has 0 unspecified atom stereocenters. The number of nitrogens with zero attached hydrogens (tertiary/aromatic N) is 6. The van der Waals surface area contributed by atoms with E-state index in [0.29, 0.717) is 29.8 Å². The van der Waals surface area contributed by atoms with Crippen molar-refractivity contribution in [3.63, 3.8) is 0 Å². The summed E-state index contributed by atoms with van der Waals surface area (Å²) in [5, 5.41) is 7.54. The van der Waals surface area contributed by atoms with Crippen LogP contribution in [0.5, 0.6) is 5.88 Å². The van der Waals surface area contributed by atoms with E-state index in [1.165, 1.54) is 7.11 Å². The Morgan fingerprint density at radius 3 is 2.49 bits per heavy atom. The number of aryl methyl sites for hydroxylation is 1. The lowest BCUT2D eigenvalue weighted by Crippen LogP contribution is -2.36. The van der Waals surface area contributed by atoms with Crippen LogP contribution in [0, 0.1) is 6.92 Å². The lowest BCUT2D eigenvalue weighted by atomic mass is 10.0. The molecule has 3 aromatic heterocycles. The number of sulfonamides is 1. The zero-order chi connectivity index (χ0) is 28.2. The molecular weight excluding hydrogens is 522 g/mol. The van der Waals surface area contributed by atoms with Gasteiger partial charge in [-0.3, -0.25) is 9.29 Å². The first-order valence-corrected chi connectivity index (χ1v) is 14.7. The van der Waals surface area contributed by atoms with Gasteiger partial charge in [0.1, 0.15) is 17.0 Å². The van der Waals surface area contributed by atoms with Crippen molar-refractivity contribution in [2.45, 2.75) is 83.5 Å². The highest BCUT2D eigenvalue weighted by Crippen LogP contribution is 2.33. The zero-order valence-corrected chi connectivity index (χ0v) is 24.1. The van der Waals surface area contributed by atoms with E-state index in [0.717, 1.165) is 24.8 Å². The molecule has 0 aromatic carbocycles. The summed E-state index contributed by atoms with van der Waals surface area (Å²) in [6.45, 7) is 9.72. The molecule has 3 aromatic rings. The van der Waals surface area contributed by atoms with Crippen LogP contribution in [0.3, 0.4) is 0 Å². The second-order valence-corrected chi connectivity index (χ2v) is 12.0. The second kappa shape index (κ2) is 12.3. The Balaban J connectivity index is 1.72. The van der Waals surface area contributed by atoms with Crippen LogP contribution in [0.2, 0.25) is 0 Å². The van der Waals surface area contributed by atoms with Gasteiger partial charge < -0.3 is 14.2 Å². The number of hydrogen-bond donors (Lipinski definition) is 1. The minimum Gasteiger partial charge on any atom is -0.481 e. The zero-order valence-electron chi connectivity index (χ0n) is 23.2. The van der Waals surface area contributed by atoms with Crippen molar-refractivity contribution >= 4 is 16.0 Å². The summed E-state index contributed by atoms with van der Waals surface area (Å²) < 4.78 is 49.3. The molecule has 13 heteroatoms. The van der Waals surface area contributed by atoms with E-state index < -0.39 is 21.4 Å². The van der Waals surface area contributed by atoms with Gasteiger partial charge in [-0.2, -0.15) is 0 Å². The first-order chi connectivity index (χ1) is 18.6. The van der Waals surface area contributed by atoms with Gasteiger partial charge in [0, 0.05) is 25.1 Å². The number of ether oxygens (including phenoxy) is 3. The summed E-state index contributed by atoms with van der Waals surface area (Å²) in [4.78, 5) is 13.2. The molecule has 0 amide bonds. The third kappa shape index (κ3) is 6.71. The Hall–Kier alpha value is -3.16. The molecule has 4 rings (SSSR count). The Labute approximate surface area is 229 Å². The third-order valence-corrected chi connectivity index (χ3v) is 8.33. The smallest absolute Gasteiger partial charge is 0.240 e. The molecule has 12 nitrogen and oxygen atoms in total. The highest BCUT2D eigenvalue weighted by atomic mass is 32.2. The molecule has 0 bridgehead atoms. The van der Waals surface area contributed by atoms with Gasteiger partial charge in [0.15, 0.2) is 11.6 Å². The highest BCUT2D eigenvalue weighted by Gasteiger charge is 2.36. The first kappa shape index (κ1) is 28.8. The molecule has 0 aliphatic carbocycles. The van der Waals surface area contributed by atoms with Gasteiger partial charge in [0.05, 0.1) is 25.4 Å². The Morgan fingerprint density at radius 2 is 1.85 bits per heavy atom. The van der Waals surface area contributed by atoms with Crippen molar-refractivity contribution in [1.29, 1.82) is 0 Å². The van der Waals surface area contributed by atoms with Gasteiger partial charge >= 0.3 is 0 Å². The Bertz CT molecular complexity index is 1340. The summed E-state index contributed by atoms with van der Waals surface area (Å²) in [5.41, 5.74) is 1.36. The van der Waals surface area contributed by atoms with Crippen LogP contribution >= 0.6 is 0 Å². The van der Waals surface area contributed by atoms with Crippen molar-refractivity contribution in [2.75, 3.05) is 18.4 Å². The van der Waals surface area contributed by atoms with E-state index in [2.05, 4.69) is 29.9 Å². The molecule has 1 aliphatic rings. The molecule has 212 valence electrons. The van der Waals surface area contributed by atoms with E-state index in [1.54, 1.807) is 42.1 Å². The summed E-state index contributed by atoms with van der Waals surface area (Å²) in [6.07, 6.45) is 4.83. The fourth-order valence-corrected chi connectivity index (χ4v) is 5.58. The molecule has 39 heavy (non-hydrogen) atoms. The largest absolute Gasteiger partial charge is 0.481 e. The molecule has 4 heterocycles. The van der Waals surface area contributed by atoms with E-state index in [9.17, 15) is 8.42 Å². The van der Waals surface area contributed by atoms with Crippen molar-refractivity contribution in [1.82, 2.24) is 29.7 Å². The van der Waals surface area contributed by atoms with Crippen LogP contribution in [0.1, 0.15) is 70.5 Å². The molecular formula is C26H37N7O5S. The van der Waals surface area contributed by atoms with E-state index in [4.69, 9.17) is 14.2 Å². The van der Waals surface area contributed by atoms with Crippen molar-refractivity contribution in [3.05, 3.63) is 42.0 Å². The van der Waals surface area contributed by atoms with Gasteiger partial charge in [-0.15, -0.1) is 10.2 Å². The number of aromatic nitrogens is 6. The van der Waals surface area contributed by atoms with Gasteiger partial charge in [-0.05, 0) is 65.5 Å². The number of rotatable bonds is 11. The van der Waals surface area contributed by atoms with Gasteiger partial charge in [0.2, 0.25) is 21.9 Å². The molecule has 4 atom stereocenters. The maximum Gasteiger partial charge on any atom is 0.240 e. The SMILES string of the molecule is COc1cccc(-c2nnc(NS(=O)(=O)[C@@H](C)[C@@H](OC(C)C)c3ncc(C)cn3)n2[C@H](C)[C@@H]2CCCCO2)n1. The first-order valence-electron chi connectivity index (χ1n) is 13.1. The van der Waals surface area contributed by atoms with Crippen LogP contribution in [0.15, 0.2) is 30.6 Å². The number of hydrogen-bond acceptors (Lipinski definition) is 10. The predicted octanol–water partition coefficient (Wildman–Crippen LogP) is 3.87. The normalized spacial score (nSPS) is 18.5. The fourth-order valence-electron chi connectivity index (χ4n) is 4.49. The van der Waals surface area contributed by atoms with Crippen molar-refractivity contribution in [3.8, 4) is 17.4 Å². The van der Waals surface area contributed by atoms with Crippen LogP contribution < -0.4 is 9.46 Å². The quantitative estimate of drug-likeness (QED) is 0.368. The molecule has 0 radical (unpaired) electrons. The molecule has 1 N–H and O–H groups in total.